The topological polar surface area (TPSA) is 80.9 Å². The molecule has 3 rings (SSSR count). The number of nitrogens with two attached hydrogens (primary N) is 1. The highest BCUT2D eigenvalue weighted by Gasteiger charge is 2.14. The average Bonchev–Trinajstić information content (AvgIpc) is 3.16. The monoisotopic (exact) mass is 352 g/mol. The number of thiophene rings is 1. The first kappa shape index (κ1) is 17.1. The Labute approximate surface area is 151 Å². The molecule has 1 amide bonds. The van der Waals surface area contributed by atoms with Crippen LogP contribution in [0.5, 0.6) is 0 Å². The minimum Gasteiger partial charge on any atom is -0.366 e. The molecule has 0 atom stereocenters. The Kier molecular flexibility index (Phi) is 5.09. The van der Waals surface area contributed by atoms with Gasteiger partial charge in [0.2, 0.25) is 5.91 Å². The van der Waals surface area contributed by atoms with E-state index in [9.17, 15) is 4.79 Å². The van der Waals surface area contributed by atoms with Gasteiger partial charge in [0.1, 0.15) is 5.82 Å². The van der Waals surface area contributed by atoms with Gasteiger partial charge in [-0.2, -0.15) is 0 Å². The summed E-state index contributed by atoms with van der Waals surface area (Å²) >= 11 is 1.62. The van der Waals surface area contributed by atoms with Gasteiger partial charge in [-0.15, -0.1) is 11.3 Å². The molecule has 0 aliphatic rings. The zero-order valence-corrected chi connectivity index (χ0v) is 15.1. The number of amides is 1. The third-order valence-corrected chi connectivity index (χ3v) is 4.82. The third-order valence-electron chi connectivity index (χ3n) is 3.95. The summed E-state index contributed by atoms with van der Waals surface area (Å²) in [7, 11) is 0. The van der Waals surface area contributed by atoms with Gasteiger partial charge in [0.05, 0.1) is 4.88 Å². The van der Waals surface area contributed by atoms with Crippen molar-refractivity contribution in [2.75, 3.05) is 5.32 Å². The van der Waals surface area contributed by atoms with Gasteiger partial charge in [-0.05, 0) is 48.6 Å². The van der Waals surface area contributed by atoms with Crippen LogP contribution in [-0.2, 0) is 12.8 Å². The predicted octanol–water partition coefficient (Wildman–Crippen LogP) is 4.17. The van der Waals surface area contributed by atoms with Crippen molar-refractivity contribution in [3.05, 3.63) is 58.6 Å². The van der Waals surface area contributed by atoms with Gasteiger partial charge < -0.3 is 11.1 Å². The summed E-state index contributed by atoms with van der Waals surface area (Å²) in [6.07, 6.45) is 1.69. The normalized spacial score (nSPS) is 10.6. The Morgan fingerprint density at radius 1 is 1.12 bits per heavy atom. The van der Waals surface area contributed by atoms with Gasteiger partial charge in [-0.25, -0.2) is 9.97 Å². The predicted molar refractivity (Wildman–Crippen MR) is 102 cm³/mol. The van der Waals surface area contributed by atoms with E-state index >= 15 is 0 Å². The second-order valence-electron chi connectivity index (χ2n) is 5.57. The molecule has 0 radical (unpaired) electrons. The number of aryl methyl sites for hydroxylation is 1. The summed E-state index contributed by atoms with van der Waals surface area (Å²) in [6, 6.07) is 11.1. The lowest BCUT2D eigenvalue weighted by atomic mass is 10.1. The molecule has 128 valence electrons. The Morgan fingerprint density at radius 2 is 1.88 bits per heavy atom. The molecule has 25 heavy (non-hydrogen) atoms. The number of benzene rings is 1. The molecule has 5 nitrogen and oxygen atoms in total. The molecule has 1 aromatic carbocycles. The Balaban J connectivity index is 2.01. The molecule has 6 heteroatoms. The maximum Gasteiger partial charge on any atom is 0.248 e. The van der Waals surface area contributed by atoms with Crippen molar-refractivity contribution in [3.8, 4) is 10.7 Å². The van der Waals surface area contributed by atoms with Gasteiger partial charge in [0, 0.05) is 22.5 Å². The summed E-state index contributed by atoms with van der Waals surface area (Å²) in [5.74, 6) is 1.11. The summed E-state index contributed by atoms with van der Waals surface area (Å²) < 4.78 is 0. The summed E-state index contributed by atoms with van der Waals surface area (Å²) in [4.78, 5) is 21.7. The first-order chi connectivity index (χ1) is 12.1. The van der Waals surface area contributed by atoms with Crippen LogP contribution in [0.3, 0.4) is 0 Å². The third kappa shape index (κ3) is 3.69. The van der Waals surface area contributed by atoms with E-state index in [2.05, 4.69) is 19.2 Å². The van der Waals surface area contributed by atoms with E-state index in [0.717, 1.165) is 46.3 Å². The first-order valence-electron chi connectivity index (χ1n) is 8.23. The standard InChI is InChI=1S/C19H20N4OS/c1-3-14-15(4-2)22-19(16-6-5-11-25-16)23-18(14)21-13-9-7-12(8-10-13)17(20)24/h5-11H,3-4H2,1-2H3,(H2,20,24)(H,21,22,23). The second kappa shape index (κ2) is 7.44. The zero-order chi connectivity index (χ0) is 17.8. The van der Waals surface area contributed by atoms with Crippen LogP contribution < -0.4 is 11.1 Å². The molecule has 3 N–H and O–H groups in total. The number of nitrogens with one attached hydrogen (secondary N) is 1. The van der Waals surface area contributed by atoms with E-state index < -0.39 is 5.91 Å². The molecule has 0 saturated carbocycles. The van der Waals surface area contributed by atoms with Crippen molar-refractivity contribution in [3.63, 3.8) is 0 Å². The molecule has 0 unspecified atom stereocenters. The second-order valence-corrected chi connectivity index (χ2v) is 6.52. The van der Waals surface area contributed by atoms with Crippen LogP contribution in [0.25, 0.3) is 10.7 Å². The Hall–Kier alpha value is -2.73. The Morgan fingerprint density at radius 3 is 2.44 bits per heavy atom. The number of rotatable bonds is 6. The molecular weight excluding hydrogens is 332 g/mol. The van der Waals surface area contributed by atoms with Crippen LogP contribution in [0, 0.1) is 0 Å². The minimum atomic E-state index is -0.434. The number of anilines is 2. The SMILES string of the molecule is CCc1nc(-c2cccs2)nc(Nc2ccc(C(N)=O)cc2)c1CC. The molecule has 2 heterocycles. The Bertz CT molecular complexity index is 873. The summed E-state index contributed by atoms with van der Waals surface area (Å²) in [5.41, 5.74) is 8.80. The van der Waals surface area contributed by atoms with E-state index in [1.165, 1.54) is 0 Å². The number of primary amides is 1. The van der Waals surface area contributed by atoms with E-state index in [4.69, 9.17) is 15.7 Å². The highest BCUT2D eigenvalue weighted by molar-refractivity contribution is 7.13. The average molecular weight is 352 g/mol. The number of nitrogens with zero attached hydrogens (tertiary/aromatic N) is 2. The summed E-state index contributed by atoms with van der Waals surface area (Å²) in [5, 5.41) is 5.39. The van der Waals surface area contributed by atoms with Crippen LogP contribution in [0.15, 0.2) is 41.8 Å². The van der Waals surface area contributed by atoms with E-state index in [1.807, 2.05) is 29.6 Å². The van der Waals surface area contributed by atoms with E-state index in [-0.39, 0.29) is 0 Å². The molecule has 3 aromatic rings. The fraction of sp³-hybridized carbons (Fsp3) is 0.211. The molecule has 0 bridgehead atoms. The molecule has 0 spiro atoms. The van der Waals surface area contributed by atoms with Crippen LogP contribution in [0.2, 0.25) is 0 Å². The molecular formula is C19H20N4OS. The largest absolute Gasteiger partial charge is 0.366 e. The van der Waals surface area contributed by atoms with Crippen LogP contribution in [0.1, 0.15) is 35.5 Å². The number of carbonyl (C=O) groups is 1. The lowest BCUT2D eigenvalue weighted by Crippen LogP contribution is -2.10. The van der Waals surface area contributed by atoms with Crippen molar-refractivity contribution in [1.82, 2.24) is 9.97 Å². The van der Waals surface area contributed by atoms with E-state index in [1.54, 1.807) is 23.5 Å². The zero-order valence-electron chi connectivity index (χ0n) is 14.2. The maximum absolute atomic E-state index is 11.2. The van der Waals surface area contributed by atoms with Gasteiger partial charge in [0.25, 0.3) is 0 Å². The van der Waals surface area contributed by atoms with Crippen molar-refractivity contribution in [2.45, 2.75) is 26.7 Å². The quantitative estimate of drug-likeness (QED) is 0.697. The van der Waals surface area contributed by atoms with Gasteiger partial charge in [-0.1, -0.05) is 19.9 Å². The molecule has 0 aliphatic carbocycles. The van der Waals surface area contributed by atoms with Crippen LogP contribution >= 0.6 is 11.3 Å². The van der Waals surface area contributed by atoms with Crippen molar-refractivity contribution in [2.24, 2.45) is 5.73 Å². The van der Waals surface area contributed by atoms with E-state index in [0.29, 0.717) is 5.56 Å². The number of carbonyl (C=O) groups excluding carboxylic acids is 1. The molecule has 0 aliphatic heterocycles. The highest BCUT2D eigenvalue weighted by Crippen LogP contribution is 2.28. The van der Waals surface area contributed by atoms with Gasteiger partial charge >= 0.3 is 0 Å². The number of hydrogen-bond acceptors (Lipinski definition) is 5. The van der Waals surface area contributed by atoms with Crippen molar-refractivity contribution < 1.29 is 4.79 Å². The molecule has 0 fully saturated rings. The fourth-order valence-corrected chi connectivity index (χ4v) is 3.33. The van der Waals surface area contributed by atoms with Gasteiger partial charge in [-0.3, -0.25) is 4.79 Å². The smallest absolute Gasteiger partial charge is 0.248 e. The fourth-order valence-electron chi connectivity index (χ4n) is 2.67. The van der Waals surface area contributed by atoms with Crippen molar-refractivity contribution in [1.29, 1.82) is 0 Å². The summed E-state index contributed by atoms with van der Waals surface area (Å²) in [6.45, 7) is 4.20. The van der Waals surface area contributed by atoms with Crippen molar-refractivity contribution >= 4 is 28.7 Å². The first-order valence-corrected chi connectivity index (χ1v) is 9.10. The molecule has 2 aromatic heterocycles. The lowest BCUT2D eigenvalue weighted by Gasteiger charge is -2.15. The number of aromatic nitrogens is 2. The van der Waals surface area contributed by atoms with Crippen LogP contribution in [-0.4, -0.2) is 15.9 Å². The number of hydrogen-bond donors (Lipinski definition) is 2. The van der Waals surface area contributed by atoms with Gasteiger partial charge in [0.15, 0.2) is 5.82 Å². The van der Waals surface area contributed by atoms with Crippen LogP contribution in [0.4, 0.5) is 11.5 Å². The minimum absolute atomic E-state index is 0.434. The maximum atomic E-state index is 11.2. The lowest BCUT2D eigenvalue weighted by molar-refractivity contribution is 0.100. The molecule has 0 saturated heterocycles. The highest BCUT2D eigenvalue weighted by atomic mass is 32.1.